The molecule has 2 atom stereocenters. The van der Waals surface area contributed by atoms with Crippen LogP contribution in [-0.4, -0.2) is 25.5 Å². The van der Waals surface area contributed by atoms with Crippen LogP contribution in [0.4, 0.5) is 0 Å². The Kier molecular flexibility index (Phi) is 5.32. The van der Waals surface area contributed by atoms with Gasteiger partial charge in [-0.1, -0.05) is 30.3 Å². The molecule has 5 heteroatoms. The van der Waals surface area contributed by atoms with Crippen molar-refractivity contribution in [1.29, 1.82) is 0 Å². The molecule has 5 N–H and O–H groups in total. The number of carbonyl (C=O) groups excluding carboxylic acids is 1. The smallest absolute Gasteiger partial charge is 0.226 e. The summed E-state index contributed by atoms with van der Waals surface area (Å²) in [6.07, 6.45) is 1.88. The van der Waals surface area contributed by atoms with Crippen LogP contribution in [0.25, 0.3) is 0 Å². The highest BCUT2D eigenvalue weighted by atomic mass is 16.2. The van der Waals surface area contributed by atoms with Crippen LogP contribution in [0.1, 0.15) is 24.4 Å². The number of hydrogen-bond donors (Lipinski definition) is 4. The average Bonchev–Trinajstić information content (AvgIpc) is 2.94. The van der Waals surface area contributed by atoms with Gasteiger partial charge in [0.15, 0.2) is 0 Å². The van der Waals surface area contributed by atoms with Crippen LogP contribution in [0.3, 0.4) is 0 Å². The summed E-state index contributed by atoms with van der Waals surface area (Å²) in [5.41, 5.74) is 12.8. The van der Waals surface area contributed by atoms with Crippen LogP contribution in [-0.2, 0) is 4.79 Å². The molecule has 0 aromatic heterocycles. The zero-order chi connectivity index (χ0) is 13.5. The molecule has 0 saturated carbocycles. The van der Waals surface area contributed by atoms with Crippen molar-refractivity contribution in [2.75, 3.05) is 19.6 Å². The van der Waals surface area contributed by atoms with E-state index in [0.717, 1.165) is 18.4 Å². The fourth-order valence-corrected chi connectivity index (χ4v) is 2.33. The normalized spacial score (nSPS) is 22.4. The first-order valence-corrected chi connectivity index (χ1v) is 6.84. The number of unbranched alkanes of at least 4 members (excludes halogenated alkanes) is 1. The van der Waals surface area contributed by atoms with Gasteiger partial charge in [0.05, 0.1) is 12.0 Å². The molecule has 2 unspecified atom stereocenters. The zero-order valence-electron chi connectivity index (χ0n) is 11.1. The standard InChI is InChI=1S/C14H22N4O/c15-8-4-5-9-16-14(19)12-10-17-18-13(12)11-6-2-1-3-7-11/h1-3,6-7,12-13,17-18H,4-5,8-10,15H2,(H,16,19). The molecule has 1 aromatic rings. The molecule has 19 heavy (non-hydrogen) atoms. The number of hydrogen-bond acceptors (Lipinski definition) is 4. The Labute approximate surface area is 113 Å². The molecule has 1 fully saturated rings. The molecule has 0 aliphatic carbocycles. The van der Waals surface area contributed by atoms with Crippen molar-refractivity contribution in [1.82, 2.24) is 16.2 Å². The van der Waals surface area contributed by atoms with Gasteiger partial charge < -0.3 is 11.1 Å². The third-order valence-electron chi connectivity index (χ3n) is 3.41. The Hall–Kier alpha value is -1.43. The minimum Gasteiger partial charge on any atom is -0.356 e. The van der Waals surface area contributed by atoms with Crippen LogP contribution < -0.4 is 21.9 Å². The van der Waals surface area contributed by atoms with E-state index in [4.69, 9.17) is 5.73 Å². The summed E-state index contributed by atoms with van der Waals surface area (Å²) < 4.78 is 0. The first kappa shape index (κ1) is 14.0. The summed E-state index contributed by atoms with van der Waals surface area (Å²) in [6.45, 7) is 2.03. The SMILES string of the molecule is NCCCCNC(=O)C1CNNC1c1ccccc1. The fourth-order valence-electron chi connectivity index (χ4n) is 2.33. The van der Waals surface area contributed by atoms with Gasteiger partial charge in [-0.3, -0.25) is 10.2 Å². The van der Waals surface area contributed by atoms with Crippen LogP contribution in [0, 0.1) is 5.92 Å². The highest BCUT2D eigenvalue weighted by molar-refractivity contribution is 5.80. The van der Waals surface area contributed by atoms with E-state index in [1.165, 1.54) is 0 Å². The zero-order valence-corrected chi connectivity index (χ0v) is 11.1. The molecule has 1 saturated heterocycles. The molecule has 0 spiro atoms. The number of benzene rings is 1. The lowest BCUT2D eigenvalue weighted by Gasteiger charge is -2.18. The number of nitrogens with two attached hydrogens (primary N) is 1. The van der Waals surface area contributed by atoms with Gasteiger partial charge in [-0.15, -0.1) is 0 Å². The third kappa shape index (κ3) is 3.76. The van der Waals surface area contributed by atoms with Crippen LogP contribution >= 0.6 is 0 Å². The van der Waals surface area contributed by atoms with E-state index >= 15 is 0 Å². The largest absolute Gasteiger partial charge is 0.356 e. The van der Waals surface area contributed by atoms with Gasteiger partial charge in [0, 0.05) is 13.1 Å². The van der Waals surface area contributed by atoms with E-state index < -0.39 is 0 Å². The molecule has 104 valence electrons. The number of rotatable bonds is 6. The second-order valence-corrected chi connectivity index (χ2v) is 4.81. The van der Waals surface area contributed by atoms with E-state index in [1.807, 2.05) is 30.3 Å². The summed E-state index contributed by atoms with van der Waals surface area (Å²) >= 11 is 0. The maximum atomic E-state index is 12.2. The average molecular weight is 262 g/mol. The Morgan fingerprint density at radius 1 is 1.32 bits per heavy atom. The molecular formula is C14H22N4O. The first-order valence-electron chi connectivity index (χ1n) is 6.84. The predicted octanol–water partition coefficient (Wildman–Crippen LogP) is 0.307. The van der Waals surface area contributed by atoms with Crippen molar-refractivity contribution in [2.45, 2.75) is 18.9 Å². The lowest BCUT2D eigenvalue weighted by molar-refractivity contribution is -0.124. The van der Waals surface area contributed by atoms with Crippen molar-refractivity contribution < 1.29 is 4.79 Å². The maximum Gasteiger partial charge on any atom is 0.226 e. The second kappa shape index (κ2) is 7.23. The molecule has 0 bridgehead atoms. The van der Waals surface area contributed by atoms with E-state index in [1.54, 1.807) is 0 Å². The van der Waals surface area contributed by atoms with Crippen LogP contribution in [0.5, 0.6) is 0 Å². The van der Waals surface area contributed by atoms with Crippen molar-refractivity contribution in [3.63, 3.8) is 0 Å². The number of nitrogens with one attached hydrogen (secondary N) is 3. The van der Waals surface area contributed by atoms with Gasteiger partial charge in [0.25, 0.3) is 0 Å². The van der Waals surface area contributed by atoms with Gasteiger partial charge in [0.2, 0.25) is 5.91 Å². The number of carbonyl (C=O) groups is 1. The summed E-state index contributed by atoms with van der Waals surface area (Å²) in [5, 5.41) is 2.98. The highest BCUT2D eigenvalue weighted by Gasteiger charge is 2.33. The van der Waals surface area contributed by atoms with E-state index in [0.29, 0.717) is 19.6 Å². The molecule has 1 aliphatic heterocycles. The maximum absolute atomic E-state index is 12.2. The van der Waals surface area contributed by atoms with Gasteiger partial charge >= 0.3 is 0 Å². The number of hydrazine groups is 1. The van der Waals surface area contributed by atoms with Crippen LogP contribution in [0.15, 0.2) is 30.3 Å². The van der Waals surface area contributed by atoms with Crippen molar-refractivity contribution >= 4 is 5.91 Å². The quantitative estimate of drug-likeness (QED) is 0.556. The van der Waals surface area contributed by atoms with Gasteiger partial charge in [-0.25, -0.2) is 5.43 Å². The van der Waals surface area contributed by atoms with Crippen molar-refractivity contribution in [3.8, 4) is 0 Å². The fraction of sp³-hybridized carbons (Fsp3) is 0.500. The lowest BCUT2D eigenvalue weighted by Crippen LogP contribution is -2.35. The van der Waals surface area contributed by atoms with E-state index in [9.17, 15) is 4.79 Å². The molecule has 0 radical (unpaired) electrons. The summed E-state index contributed by atoms with van der Waals surface area (Å²) in [5.74, 6) is 0.0312. The molecule has 1 aromatic carbocycles. The van der Waals surface area contributed by atoms with Gasteiger partial charge in [-0.2, -0.15) is 0 Å². The Balaban J connectivity index is 1.90. The summed E-state index contributed by atoms with van der Waals surface area (Å²) in [6, 6.07) is 10.1. The topological polar surface area (TPSA) is 79.2 Å². The Morgan fingerprint density at radius 2 is 2.11 bits per heavy atom. The van der Waals surface area contributed by atoms with Crippen molar-refractivity contribution in [3.05, 3.63) is 35.9 Å². The molecular weight excluding hydrogens is 240 g/mol. The molecule has 2 rings (SSSR count). The predicted molar refractivity (Wildman–Crippen MR) is 75.1 cm³/mol. The van der Waals surface area contributed by atoms with Gasteiger partial charge in [0.1, 0.15) is 0 Å². The molecule has 1 heterocycles. The third-order valence-corrected chi connectivity index (χ3v) is 3.41. The Morgan fingerprint density at radius 3 is 2.84 bits per heavy atom. The molecule has 5 nitrogen and oxygen atoms in total. The molecule has 1 amide bonds. The van der Waals surface area contributed by atoms with Crippen LogP contribution in [0.2, 0.25) is 0 Å². The van der Waals surface area contributed by atoms with E-state index in [-0.39, 0.29) is 17.9 Å². The Bertz CT molecular complexity index is 396. The van der Waals surface area contributed by atoms with E-state index in [2.05, 4.69) is 16.2 Å². The molecule has 1 aliphatic rings. The summed E-state index contributed by atoms with van der Waals surface area (Å²) in [4.78, 5) is 12.2. The van der Waals surface area contributed by atoms with Crippen molar-refractivity contribution in [2.24, 2.45) is 11.7 Å². The minimum atomic E-state index is -0.0692. The first-order chi connectivity index (χ1) is 9.33. The minimum absolute atomic E-state index is 0.0377. The van der Waals surface area contributed by atoms with Gasteiger partial charge in [-0.05, 0) is 24.9 Å². The second-order valence-electron chi connectivity index (χ2n) is 4.81. The lowest BCUT2D eigenvalue weighted by atomic mass is 9.94. The number of amides is 1. The monoisotopic (exact) mass is 262 g/mol. The summed E-state index contributed by atoms with van der Waals surface area (Å²) in [7, 11) is 0. The highest BCUT2D eigenvalue weighted by Crippen LogP contribution is 2.24.